The van der Waals surface area contributed by atoms with Crippen LogP contribution < -0.4 is 14.8 Å². The van der Waals surface area contributed by atoms with Gasteiger partial charge in [0, 0.05) is 25.3 Å². The molecule has 2 aromatic rings. The van der Waals surface area contributed by atoms with Crippen molar-refractivity contribution < 1.29 is 53.5 Å². The molecule has 0 aromatic heterocycles. The average Bonchev–Trinajstić information content (AvgIpc) is 3.46. The third-order valence-corrected chi connectivity index (χ3v) is 9.97. The summed E-state index contributed by atoms with van der Waals surface area (Å²) >= 11 is 0. The van der Waals surface area contributed by atoms with E-state index in [1.165, 1.54) is 38.7 Å². The molecule has 1 aliphatic rings. The van der Waals surface area contributed by atoms with Crippen LogP contribution in [-0.4, -0.2) is 64.3 Å². The molecule has 14 nitrogen and oxygen atoms in total. The molecule has 0 radical (unpaired) electrons. The van der Waals surface area contributed by atoms with Crippen molar-refractivity contribution in [2.24, 2.45) is 11.8 Å². The quantitative estimate of drug-likeness (QED) is 0.0172. The molecule has 0 aliphatic heterocycles. The molecular weight excluding hydrogens is 736 g/mol. The van der Waals surface area contributed by atoms with E-state index >= 15 is 0 Å². The zero-order valence-electron chi connectivity index (χ0n) is 33.3. The van der Waals surface area contributed by atoms with E-state index in [4.69, 9.17) is 14.2 Å². The Morgan fingerprint density at radius 2 is 1.60 bits per heavy atom. The third kappa shape index (κ3) is 17.3. The van der Waals surface area contributed by atoms with E-state index in [0.29, 0.717) is 61.6 Å². The normalized spacial score (nSPS) is 18.3. The average molecular weight is 795 g/mol. The minimum absolute atomic E-state index is 0.00644. The number of nitrogens with zero attached hydrogens (tertiary/aromatic N) is 1. The summed E-state index contributed by atoms with van der Waals surface area (Å²) < 4.78 is 16.1. The number of unbranched alkanes of at least 4 members (excludes halogenated alkanes) is 5. The van der Waals surface area contributed by atoms with Crippen LogP contribution in [0.3, 0.4) is 0 Å². The summed E-state index contributed by atoms with van der Waals surface area (Å²) in [6, 6.07) is 10.4. The molecular formula is C43H58N2O12. The van der Waals surface area contributed by atoms with Gasteiger partial charge in [-0.15, -0.1) is 10.1 Å². The first-order chi connectivity index (χ1) is 27.4. The van der Waals surface area contributed by atoms with E-state index in [1.807, 2.05) is 12.2 Å². The lowest BCUT2D eigenvalue weighted by Crippen LogP contribution is -2.40. The minimum atomic E-state index is -0.933. The highest BCUT2D eigenvalue weighted by molar-refractivity contribution is 5.87. The summed E-state index contributed by atoms with van der Waals surface area (Å²) in [5.74, 6) is -1.25. The monoisotopic (exact) mass is 794 g/mol. The Bertz CT molecular complexity index is 1660. The molecule has 3 rings (SSSR count). The fraction of sp³-hybridized carbons (Fsp3) is 0.535. The standard InChI is InChI=1S/C43H58N2O12/c1-4-5-6-7-10-13-34(46)22-23-36-35(37(47)27-38(36)48)14-11-8-9-12-15-41(49)44-30(2)43(51)57-39-24-20-31(26-40(39)54-3)21-25-42(50)55-28-32-16-18-33(19-17-32)29-56-45(52)53/h8,11,16-21,24-26,30,35-38,47-48H,4-7,9-10,12-15,22-23,27-29H2,1-3H3,(H,44,49)/b11-8-,25-21+/t30?,35-,36-,37+,38-/m1/s1. The lowest BCUT2D eigenvalue weighted by molar-refractivity contribution is -0.763. The molecule has 1 saturated carbocycles. The number of ketones is 1. The predicted molar refractivity (Wildman–Crippen MR) is 212 cm³/mol. The number of methoxy groups -OCH3 is 1. The molecule has 57 heavy (non-hydrogen) atoms. The van der Waals surface area contributed by atoms with Gasteiger partial charge in [-0.3, -0.25) is 9.59 Å². The number of benzene rings is 2. The molecule has 14 heteroatoms. The number of hydrogen-bond donors (Lipinski definition) is 3. The van der Waals surface area contributed by atoms with Gasteiger partial charge in [0.05, 0.1) is 19.3 Å². The zero-order chi connectivity index (χ0) is 41.6. The van der Waals surface area contributed by atoms with Gasteiger partial charge in [-0.2, -0.15) is 0 Å². The molecule has 2 aromatic carbocycles. The highest BCUT2D eigenvalue weighted by atomic mass is 16.9. The van der Waals surface area contributed by atoms with Gasteiger partial charge in [0.25, 0.3) is 5.09 Å². The van der Waals surface area contributed by atoms with Crippen LogP contribution in [0.1, 0.15) is 114 Å². The summed E-state index contributed by atoms with van der Waals surface area (Å²) in [5, 5.41) is 33.2. The van der Waals surface area contributed by atoms with Crippen LogP contribution in [-0.2, 0) is 42.0 Å². The molecule has 1 aliphatic carbocycles. The van der Waals surface area contributed by atoms with Crippen molar-refractivity contribution in [2.75, 3.05) is 7.11 Å². The van der Waals surface area contributed by atoms with Crippen LogP contribution in [0, 0.1) is 22.0 Å². The number of carbonyl (C=O) groups is 4. The molecule has 0 spiro atoms. The number of hydrogen-bond acceptors (Lipinski definition) is 12. The summed E-state index contributed by atoms with van der Waals surface area (Å²) in [4.78, 5) is 64.7. The summed E-state index contributed by atoms with van der Waals surface area (Å²) in [6.07, 6.45) is 14.8. The van der Waals surface area contributed by atoms with Crippen molar-refractivity contribution in [3.63, 3.8) is 0 Å². The SMILES string of the molecule is CCCCCCCC(=O)CC[C@@H]1[C@@H](C/C=C\CCCC(=O)NC(C)C(=O)Oc2ccc(/C=C/C(=O)OCc3ccc(CO[N+](=O)[O-])cc3)cc2OC)[C@@H](O)C[C@H]1O. The molecule has 0 saturated heterocycles. The first kappa shape index (κ1) is 46.3. The van der Waals surface area contributed by atoms with E-state index in [9.17, 15) is 39.5 Å². The topological polar surface area (TPSA) is 201 Å². The number of aliphatic hydroxyl groups excluding tert-OH is 2. The highest BCUT2D eigenvalue weighted by Gasteiger charge is 2.40. The van der Waals surface area contributed by atoms with E-state index < -0.39 is 35.3 Å². The second-order valence-corrected chi connectivity index (χ2v) is 14.4. The summed E-state index contributed by atoms with van der Waals surface area (Å²) in [7, 11) is 1.40. The number of amides is 1. The van der Waals surface area contributed by atoms with Gasteiger partial charge in [0.1, 0.15) is 25.0 Å². The number of allylic oxidation sites excluding steroid dienone is 2. The fourth-order valence-corrected chi connectivity index (χ4v) is 6.70. The molecule has 1 amide bonds. The van der Waals surface area contributed by atoms with Crippen LogP contribution in [0.15, 0.2) is 60.7 Å². The maximum absolute atomic E-state index is 12.8. The number of rotatable bonds is 26. The minimum Gasteiger partial charge on any atom is -0.493 e. The van der Waals surface area contributed by atoms with Crippen LogP contribution in [0.4, 0.5) is 0 Å². The van der Waals surface area contributed by atoms with Crippen molar-refractivity contribution in [3.05, 3.63) is 87.5 Å². The lowest BCUT2D eigenvalue weighted by Gasteiger charge is -2.22. The Labute approximate surface area is 334 Å². The van der Waals surface area contributed by atoms with E-state index in [1.54, 1.807) is 36.4 Å². The first-order valence-electron chi connectivity index (χ1n) is 19.8. The first-order valence-corrected chi connectivity index (χ1v) is 19.8. The Hall–Kier alpha value is -5.08. The number of carbonyl (C=O) groups excluding carboxylic acids is 4. The van der Waals surface area contributed by atoms with E-state index in [2.05, 4.69) is 17.1 Å². The van der Waals surface area contributed by atoms with Crippen LogP contribution in [0.5, 0.6) is 11.5 Å². The predicted octanol–water partition coefficient (Wildman–Crippen LogP) is 6.75. The van der Waals surface area contributed by atoms with Gasteiger partial charge in [-0.25, -0.2) is 9.59 Å². The maximum atomic E-state index is 12.8. The molecule has 312 valence electrons. The molecule has 5 atom stereocenters. The number of aliphatic hydroxyl groups is 2. The molecule has 0 heterocycles. The number of esters is 2. The Balaban J connectivity index is 1.36. The number of ether oxygens (including phenoxy) is 3. The van der Waals surface area contributed by atoms with Crippen LogP contribution in [0.25, 0.3) is 6.08 Å². The summed E-state index contributed by atoms with van der Waals surface area (Å²) in [6.45, 7) is 3.50. The van der Waals surface area contributed by atoms with E-state index in [-0.39, 0.29) is 54.7 Å². The van der Waals surface area contributed by atoms with Crippen LogP contribution in [0.2, 0.25) is 0 Å². The van der Waals surface area contributed by atoms with Gasteiger partial charge in [-0.1, -0.05) is 75.1 Å². The number of Topliss-reactive ketones (excluding diaryl/α,β-unsaturated/α-hetero) is 1. The zero-order valence-corrected chi connectivity index (χ0v) is 33.3. The fourth-order valence-electron chi connectivity index (χ4n) is 6.70. The van der Waals surface area contributed by atoms with Gasteiger partial charge >= 0.3 is 11.9 Å². The Morgan fingerprint density at radius 3 is 2.30 bits per heavy atom. The molecule has 1 fully saturated rings. The second-order valence-electron chi connectivity index (χ2n) is 14.4. The van der Waals surface area contributed by atoms with E-state index in [0.717, 1.165) is 25.7 Å². The van der Waals surface area contributed by atoms with Crippen molar-refractivity contribution in [2.45, 2.75) is 129 Å². The third-order valence-electron chi connectivity index (χ3n) is 9.97. The van der Waals surface area contributed by atoms with Crippen molar-refractivity contribution >= 4 is 29.7 Å². The Kier molecular flexibility index (Phi) is 20.5. The number of nitrogens with one attached hydrogen (secondary N) is 1. The molecule has 3 N–H and O–H groups in total. The lowest BCUT2D eigenvalue weighted by atomic mass is 9.86. The second kappa shape index (κ2) is 25.2. The highest BCUT2D eigenvalue weighted by Crippen LogP contribution is 2.38. The van der Waals surface area contributed by atoms with Gasteiger partial charge in [0.2, 0.25) is 5.91 Å². The van der Waals surface area contributed by atoms with Gasteiger partial charge in [-0.05, 0) is 92.2 Å². The molecule has 1 unspecified atom stereocenters. The van der Waals surface area contributed by atoms with Gasteiger partial charge in [0.15, 0.2) is 11.5 Å². The summed E-state index contributed by atoms with van der Waals surface area (Å²) in [5.41, 5.74) is 1.85. The van der Waals surface area contributed by atoms with Crippen molar-refractivity contribution in [3.8, 4) is 11.5 Å². The van der Waals surface area contributed by atoms with Crippen molar-refractivity contribution in [1.82, 2.24) is 5.32 Å². The largest absolute Gasteiger partial charge is 0.493 e. The Morgan fingerprint density at radius 1 is 0.895 bits per heavy atom. The maximum Gasteiger partial charge on any atom is 0.333 e. The van der Waals surface area contributed by atoms with Gasteiger partial charge < -0.3 is 34.6 Å². The molecule has 0 bridgehead atoms. The smallest absolute Gasteiger partial charge is 0.333 e. The van der Waals surface area contributed by atoms with Crippen LogP contribution >= 0.6 is 0 Å². The van der Waals surface area contributed by atoms with Crippen molar-refractivity contribution in [1.29, 1.82) is 0 Å².